The van der Waals surface area contributed by atoms with E-state index >= 15 is 0 Å². The van der Waals surface area contributed by atoms with E-state index in [0.717, 1.165) is 25.7 Å². The summed E-state index contributed by atoms with van der Waals surface area (Å²) in [5, 5.41) is 8.59. The molecule has 2 atom stereocenters. The maximum absolute atomic E-state index is 10.4. The van der Waals surface area contributed by atoms with Gasteiger partial charge in [-0.15, -0.1) is 0 Å². The van der Waals surface area contributed by atoms with Crippen molar-refractivity contribution in [3.63, 3.8) is 0 Å². The average molecular weight is 393 g/mol. The molecule has 23 heavy (non-hydrogen) atoms. The van der Waals surface area contributed by atoms with E-state index in [0.29, 0.717) is 17.4 Å². The molecule has 0 fully saturated rings. The third-order valence-corrected chi connectivity index (χ3v) is 5.47. The van der Waals surface area contributed by atoms with E-state index in [9.17, 15) is 4.79 Å². The fourth-order valence-corrected chi connectivity index (χ4v) is 3.71. The predicted molar refractivity (Wildman–Crippen MR) is 101 cm³/mol. The Morgan fingerprint density at radius 1 is 0.913 bits per heavy atom. The van der Waals surface area contributed by atoms with Crippen LogP contribution in [0, 0.1) is 0 Å². The summed E-state index contributed by atoms with van der Waals surface area (Å²) in [5.74, 6) is -0.679. The highest BCUT2D eigenvalue weighted by molar-refractivity contribution is 9.09. The molecule has 4 heteroatoms. The van der Waals surface area contributed by atoms with Gasteiger partial charge in [-0.2, -0.15) is 0 Å². The Balaban J connectivity index is 3.57. The van der Waals surface area contributed by atoms with Crippen molar-refractivity contribution in [3.05, 3.63) is 0 Å². The molecule has 0 saturated heterocycles. The van der Waals surface area contributed by atoms with Crippen LogP contribution in [0.4, 0.5) is 0 Å². The third-order valence-electron chi connectivity index (χ3n) is 4.42. The molecule has 0 aromatic heterocycles. The highest BCUT2D eigenvalue weighted by Crippen LogP contribution is 2.22. The number of methoxy groups -OCH3 is 1. The molecule has 0 saturated carbocycles. The molecule has 138 valence electrons. The van der Waals surface area contributed by atoms with Crippen molar-refractivity contribution < 1.29 is 14.6 Å². The summed E-state index contributed by atoms with van der Waals surface area (Å²) >= 11 is 3.81. The SMILES string of the molecule is CCCCCCCCC(Br)C(CCCCCCCC(=O)O)OC. The molecular weight excluding hydrogens is 356 g/mol. The standard InChI is InChI=1S/C19H37BrO3/c1-3-4-5-6-8-11-14-17(20)18(23-2)15-12-9-7-10-13-16-19(21)22/h17-18H,3-16H2,1-2H3,(H,21,22). The van der Waals surface area contributed by atoms with Crippen molar-refractivity contribution in [2.45, 2.75) is 108 Å². The monoisotopic (exact) mass is 392 g/mol. The summed E-state index contributed by atoms with van der Waals surface area (Å²) in [6.07, 6.45) is 16.3. The predicted octanol–water partition coefficient (Wildman–Crippen LogP) is 6.33. The zero-order valence-electron chi connectivity index (χ0n) is 15.2. The summed E-state index contributed by atoms with van der Waals surface area (Å²) in [5.41, 5.74) is 0. The molecule has 2 unspecified atom stereocenters. The normalized spacial score (nSPS) is 13.9. The van der Waals surface area contributed by atoms with Crippen LogP contribution in [0.25, 0.3) is 0 Å². The molecule has 0 aliphatic carbocycles. The van der Waals surface area contributed by atoms with E-state index in [1.54, 1.807) is 0 Å². The van der Waals surface area contributed by atoms with Crippen molar-refractivity contribution in [2.24, 2.45) is 0 Å². The number of rotatable bonds is 17. The lowest BCUT2D eigenvalue weighted by molar-refractivity contribution is -0.137. The van der Waals surface area contributed by atoms with Gasteiger partial charge in [0.2, 0.25) is 0 Å². The van der Waals surface area contributed by atoms with Crippen LogP contribution in [0.15, 0.2) is 0 Å². The Hall–Kier alpha value is -0.0900. The number of carboxylic acids is 1. The molecule has 0 aromatic rings. The van der Waals surface area contributed by atoms with Crippen LogP contribution in [-0.4, -0.2) is 29.1 Å². The van der Waals surface area contributed by atoms with Crippen molar-refractivity contribution in [1.29, 1.82) is 0 Å². The van der Waals surface area contributed by atoms with Gasteiger partial charge in [0, 0.05) is 18.4 Å². The summed E-state index contributed by atoms with van der Waals surface area (Å²) in [6, 6.07) is 0. The second kappa shape index (κ2) is 16.8. The molecule has 0 aromatic carbocycles. The van der Waals surface area contributed by atoms with Gasteiger partial charge in [0.25, 0.3) is 0 Å². The number of aliphatic carboxylic acids is 1. The van der Waals surface area contributed by atoms with Crippen LogP contribution in [0.3, 0.4) is 0 Å². The zero-order chi connectivity index (χ0) is 17.3. The van der Waals surface area contributed by atoms with E-state index in [1.807, 2.05) is 7.11 Å². The number of hydrogen-bond acceptors (Lipinski definition) is 2. The molecule has 3 nitrogen and oxygen atoms in total. The van der Waals surface area contributed by atoms with Crippen LogP contribution in [0.2, 0.25) is 0 Å². The van der Waals surface area contributed by atoms with Gasteiger partial charge in [-0.3, -0.25) is 4.79 Å². The van der Waals surface area contributed by atoms with Gasteiger partial charge in [-0.1, -0.05) is 87.1 Å². The largest absolute Gasteiger partial charge is 0.481 e. The first-order chi connectivity index (χ1) is 11.1. The molecule has 0 bridgehead atoms. The smallest absolute Gasteiger partial charge is 0.303 e. The van der Waals surface area contributed by atoms with Gasteiger partial charge in [0.15, 0.2) is 0 Å². The zero-order valence-corrected chi connectivity index (χ0v) is 16.8. The van der Waals surface area contributed by atoms with E-state index in [4.69, 9.17) is 9.84 Å². The van der Waals surface area contributed by atoms with Gasteiger partial charge in [-0.05, 0) is 19.3 Å². The Bertz CT molecular complexity index is 271. The molecule has 1 N–H and O–H groups in total. The lowest BCUT2D eigenvalue weighted by Gasteiger charge is -2.21. The first-order valence-corrected chi connectivity index (χ1v) is 10.4. The van der Waals surface area contributed by atoms with Crippen LogP contribution < -0.4 is 0 Å². The Kier molecular flexibility index (Phi) is 16.7. The number of halogens is 1. The fraction of sp³-hybridized carbons (Fsp3) is 0.947. The summed E-state index contributed by atoms with van der Waals surface area (Å²) in [4.78, 5) is 10.9. The fourth-order valence-electron chi connectivity index (χ4n) is 2.90. The second-order valence-electron chi connectivity index (χ2n) is 6.55. The number of carbonyl (C=O) groups is 1. The molecule has 0 amide bonds. The first kappa shape index (κ1) is 22.9. The minimum absolute atomic E-state index is 0.308. The molecule has 0 radical (unpaired) electrons. The Labute approximate surface area is 151 Å². The maximum Gasteiger partial charge on any atom is 0.303 e. The van der Waals surface area contributed by atoms with Crippen LogP contribution in [0.5, 0.6) is 0 Å². The van der Waals surface area contributed by atoms with Gasteiger partial charge >= 0.3 is 5.97 Å². The van der Waals surface area contributed by atoms with Crippen molar-refractivity contribution >= 4 is 21.9 Å². The maximum atomic E-state index is 10.4. The van der Waals surface area contributed by atoms with Crippen LogP contribution >= 0.6 is 15.9 Å². The minimum Gasteiger partial charge on any atom is -0.481 e. The molecule has 0 aliphatic rings. The summed E-state index contributed by atoms with van der Waals surface area (Å²) < 4.78 is 5.64. The number of carboxylic acid groups (broad SMARTS) is 1. The number of ether oxygens (including phenoxy) is 1. The van der Waals surface area contributed by atoms with Crippen LogP contribution in [-0.2, 0) is 9.53 Å². The molecule has 0 rings (SSSR count). The molecular formula is C19H37BrO3. The average Bonchev–Trinajstić information content (AvgIpc) is 2.53. The summed E-state index contributed by atoms with van der Waals surface area (Å²) in [6.45, 7) is 2.25. The first-order valence-electron chi connectivity index (χ1n) is 9.50. The highest BCUT2D eigenvalue weighted by Gasteiger charge is 2.17. The van der Waals surface area contributed by atoms with Crippen LogP contribution in [0.1, 0.15) is 96.8 Å². The number of hydrogen-bond donors (Lipinski definition) is 1. The van der Waals surface area contributed by atoms with E-state index in [-0.39, 0.29) is 0 Å². The number of unbranched alkanes of at least 4 members (excludes halogenated alkanes) is 9. The van der Waals surface area contributed by atoms with E-state index in [1.165, 1.54) is 57.8 Å². The van der Waals surface area contributed by atoms with Crippen molar-refractivity contribution in [3.8, 4) is 0 Å². The van der Waals surface area contributed by atoms with Gasteiger partial charge in [0.1, 0.15) is 0 Å². The van der Waals surface area contributed by atoms with E-state index in [2.05, 4.69) is 22.9 Å². The van der Waals surface area contributed by atoms with Gasteiger partial charge in [0.05, 0.1) is 6.10 Å². The van der Waals surface area contributed by atoms with Gasteiger partial charge in [-0.25, -0.2) is 0 Å². The Morgan fingerprint density at radius 2 is 1.43 bits per heavy atom. The van der Waals surface area contributed by atoms with Gasteiger partial charge < -0.3 is 9.84 Å². The third kappa shape index (κ3) is 15.2. The topological polar surface area (TPSA) is 46.5 Å². The van der Waals surface area contributed by atoms with Crippen molar-refractivity contribution in [2.75, 3.05) is 7.11 Å². The van der Waals surface area contributed by atoms with E-state index < -0.39 is 5.97 Å². The summed E-state index contributed by atoms with van der Waals surface area (Å²) in [7, 11) is 1.81. The lowest BCUT2D eigenvalue weighted by atomic mass is 10.0. The Morgan fingerprint density at radius 3 is 2.00 bits per heavy atom. The minimum atomic E-state index is -0.679. The highest BCUT2D eigenvalue weighted by atomic mass is 79.9. The second-order valence-corrected chi connectivity index (χ2v) is 7.72. The number of alkyl halides is 1. The molecule has 0 spiro atoms. The molecule has 0 aliphatic heterocycles. The quantitative estimate of drug-likeness (QED) is 0.232. The lowest BCUT2D eigenvalue weighted by Crippen LogP contribution is -2.23. The van der Waals surface area contributed by atoms with Crippen molar-refractivity contribution in [1.82, 2.24) is 0 Å². The molecule has 0 heterocycles.